The molecule has 0 bridgehead atoms. The van der Waals surface area contributed by atoms with Crippen LogP contribution in [-0.2, 0) is 16.1 Å². The predicted molar refractivity (Wildman–Crippen MR) is 119 cm³/mol. The Morgan fingerprint density at radius 1 is 1.00 bits per heavy atom. The normalized spacial score (nSPS) is 19.5. The zero-order valence-corrected chi connectivity index (χ0v) is 18.4. The fourth-order valence-electron chi connectivity index (χ4n) is 4.42. The molecule has 3 rings (SSSR count). The van der Waals surface area contributed by atoms with Gasteiger partial charge in [0.15, 0.2) is 0 Å². The van der Waals surface area contributed by atoms with E-state index in [4.69, 9.17) is 0 Å². The molecule has 0 radical (unpaired) electrons. The molecule has 2 aliphatic rings. The van der Waals surface area contributed by atoms with E-state index in [1.807, 2.05) is 0 Å². The third kappa shape index (κ3) is 7.03. The highest BCUT2D eigenvalue weighted by molar-refractivity contribution is 7.98. The van der Waals surface area contributed by atoms with Gasteiger partial charge in [0.2, 0.25) is 0 Å². The maximum absolute atomic E-state index is 12.2. The van der Waals surface area contributed by atoms with Crippen LogP contribution >= 0.6 is 11.8 Å². The lowest BCUT2D eigenvalue weighted by Gasteiger charge is -2.32. The summed E-state index contributed by atoms with van der Waals surface area (Å²) in [7, 11) is 0. The highest BCUT2D eigenvalue weighted by Gasteiger charge is 2.23. The SMILES string of the molecule is CSc1ccccc1CN1CCC(CNC(=O)C(=O)NC2CCCCCC2)CC1. The number of hydrogen-bond donors (Lipinski definition) is 2. The van der Waals surface area contributed by atoms with Gasteiger partial charge in [0.05, 0.1) is 0 Å². The van der Waals surface area contributed by atoms with Crippen LogP contribution in [0.3, 0.4) is 0 Å². The fourth-order valence-corrected chi connectivity index (χ4v) is 5.02. The van der Waals surface area contributed by atoms with Crippen LogP contribution in [0, 0.1) is 5.92 Å². The van der Waals surface area contributed by atoms with Crippen LogP contribution in [0.2, 0.25) is 0 Å². The Kier molecular flexibility index (Phi) is 8.87. The average molecular weight is 418 g/mol. The molecule has 2 fully saturated rings. The first kappa shape index (κ1) is 22.2. The lowest BCUT2D eigenvalue weighted by atomic mass is 9.96. The van der Waals surface area contributed by atoms with Crippen molar-refractivity contribution in [3.8, 4) is 0 Å². The number of piperidine rings is 1. The second-order valence-electron chi connectivity index (χ2n) is 8.40. The van der Waals surface area contributed by atoms with Crippen molar-refractivity contribution >= 4 is 23.6 Å². The Morgan fingerprint density at radius 3 is 2.38 bits per heavy atom. The summed E-state index contributed by atoms with van der Waals surface area (Å²) in [5.74, 6) is -0.467. The Labute approximate surface area is 179 Å². The first-order chi connectivity index (χ1) is 14.2. The summed E-state index contributed by atoms with van der Waals surface area (Å²) in [5, 5.41) is 5.80. The summed E-state index contributed by atoms with van der Waals surface area (Å²) in [4.78, 5) is 28.2. The number of amides is 2. The van der Waals surface area contributed by atoms with Crippen molar-refractivity contribution in [3.63, 3.8) is 0 Å². The summed E-state index contributed by atoms with van der Waals surface area (Å²) in [6.07, 6.45) is 11.0. The van der Waals surface area contributed by atoms with E-state index in [9.17, 15) is 9.59 Å². The summed E-state index contributed by atoms with van der Waals surface area (Å²) in [5.41, 5.74) is 1.39. The van der Waals surface area contributed by atoms with Gasteiger partial charge in [-0.1, -0.05) is 43.9 Å². The number of nitrogens with zero attached hydrogens (tertiary/aromatic N) is 1. The van der Waals surface area contributed by atoms with Crippen LogP contribution in [-0.4, -0.2) is 48.6 Å². The summed E-state index contributed by atoms with van der Waals surface area (Å²) in [6.45, 7) is 3.67. The van der Waals surface area contributed by atoms with Gasteiger partial charge in [-0.2, -0.15) is 0 Å². The van der Waals surface area contributed by atoms with Crippen LogP contribution in [0.25, 0.3) is 0 Å². The zero-order chi connectivity index (χ0) is 20.5. The minimum absolute atomic E-state index is 0.170. The van der Waals surface area contributed by atoms with Crippen LogP contribution in [0.15, 0.2) is 29.2 Å². The third-order valence-electron chi connectivity index (χ3n) is 6.24. The van der Waals surface area contributed by atoms with E-state index in [0.717, 1.165) is 58.2 Å². The first-order valence-electron chi connectivity index (χ1n) is 11.1. The Balaban J connectivity index is 1.36. The zero-order valence-electron chi connectivity index (χ0n) is 17.6. The second kappa shape index (κ2) is 11.6. The van der Waals surface area contributed by atoms with E-state index in [-0.39, 0.29) is 6.04 Å². The second-order valence-corrected chi connectivity index (χ2v) is 9.25. The lowest BCUT2D eigenvalue weighted by Crippen LogP contribution is -2.46. The van der Waals surface area contributed by atoms with Crippen molar-refractivity contribution in [3.05, 3.63) is 29.8 Å². The largest absolute Gasteiger partial charge is 0.348 e. The first-order valence-corrected chi connectivity index (χ1v) is 12.3. The number of carbonyl (C=O) groups is 2. The van der Waals surface area contributed by atoms with Crippen LogP contribution < -0.4 is 10.6 Å². The molecule has 1 aromatic rings. The highest BCUT2D eigenvalue weighted by atomic mass is 32.2. The number of thioether (sulfide) groups is 1. The fraction of sp³-hybridized carbons (Fsp3) is 0.652. The van der Waals surface area contributed by atoms with E-state index in [2.05, 4.69) is 46.1 Å². The number of carbonyl (C=O) groups excluding carboxylic acids is 2. The molecule has 2 amide bonds. The molecular formula is C23H35N3O2S. The topological polar surface area (TPSA) is 61.4 Å². The molecule has 5 nitrogen and oxygen atoms in total. The molecule has 1 aliphatic carbocycles. The standard InChI is InChI=1S/C23H35N3O2S/c1-29-21-11-7-6-8-19(21)17-26-14-12-18(13-15-26)16-24-22(27)23(28)25-20-9-4-2-3-5-10-20/h6-8,11,18,20H,2-5,9-10,12-17H2,1H3,(H,24,27)(H,25,28). The summed E-state index contributed by atoms with van der Waals surface area (Å²) < 4.78 is 0. The van der Waals surface area contributed by atoms with Gasteiger partial charge >= 0.3 is 11.8 Å². The molecule has 1 saturated heterocycles. The summed E-state index contributed by atoms with van der Waals surface area (Å²) >= 11 is 1.80. The van der Waals surface area contributed by atoms with E-state index >= 15 is 0 Å². The Morgan fingerprint density at radius 2 is 1.69 bits per heavy atom. The molecule has 0 unspecified atom stereocenters. The molecule has 0 aromatic heterocycles. The monoisotopic (exact) mass is 417 g/mol. The van der Waals surface area contributed by atoms with Gasteiger partial charge in [-0.15, -0.1) is 11.8 Å². The highest BCUT2D eigenvalue weighted by Crippen LogP contribution is 2.24. The van der Waals surface area contributed by atoms with Crippen molar-refractivity contribution < 1.29 is 9.59 Å². The van der Waals surface area contributed by atoms with Gasteiger partial charge in [-0.3, -0.25) is 14.5 Å². The van der Waals surface area contributed by atoms with E-state index in [1.165, 1.54) is 23.3 Å². The molecule has 1 aliphatic heterocycles. The van der Waals surface area contributed by atoms with Gasteiger partial charge in [-0.05, 0) is 62.6 Å². The molecule has 1 heterocycles. The van der Waals surface area contributed by atoms with E-state index in [0.29, 0.717) is 12.5 Å². The maximum atomic E-state index is 12.2. The number of rotatable bonds is 6. The molecule has 0 atom stereocenters. The van der Waals surface area contributed by atoms with Gasteiger partial charge in [-0.25, -0.2) is 0 Å². The van der Waals surface area contributed by atoms with Gasteiger partial charge in [0.1, 0.15) is 0 Å². The predicted octanol–water partition coefficient (Wildman–Crippen LogP) is 3.58. The number of likely N-dealkylation sites (tertiary alicyclic amines) is 1. The molecule has 29 heavy (non-hydrogen) atoms. The Bertz CT molecular complexity index is 666. The maximum Gasteiger partial charge on any atom is 0.309 e. The third-order valence-corrected chi connectivity index (χ3v) is 7.08. The van der Waals surface area contributed by atoms with Crippen molar-refractivity contribution in [2.45, 2.75) is 68.8 Å². The lowest BCUT2D eigenvalue weighted by molar-refractivity contribution is -0.139. The van der Waals surface area contributed by atoms with Crippen LogP contribution in [0.4, 0.5) is 0 Å². The van der Waals surface area contributed by atoms with Gasteiger partial charge in [0, 0.05) is 24.0 Å². The molecule has 160 valence electrons. The van der Waals surface area contributed by atoms with Gasteiger partial charge < -0.3 is 10.6 Å². The smallest absolute Gasteiger partial charge is 0.309 e. The Hall–Kier alpha value is -1.53. The molecule has 0 spiro atoms. The minimum Gasteiger partial charge on any atom is -0.348 e. The van der Waals surface area contributed by atoms with Crippen molar-refractivity contribution in [1.82, 2.24) is 15.5 Å². The summed E-state index contributed by atoms with van der Waals surface area (Å²) in [6, 6.07) is 8.77. The van der Waals surface area contributed by atoms with Gasteiger partial charge in [0.25, 0.3) is 0 Å². The number of benzene rings is 1. The van der Waals surface area contributed by atoms with Crippen LogP contribution in [0.5, 0.6) is 0 Å². The molecule has 2 N–H and O–H groups in total. The van der Waals surface area contributed by atoms with Crippen molar-refractivity contribution in [2.75, 3.05) is 25.9 Å². The number of hydrogen-bond acceptors (Lipinski definition) is 4. The minimum atomic E-state index is -0.467. The quantitative estimate of drug-likeness (QED) is 0.422. The van der Waals surface area contributed by atoms with E-state index in [1.54, 1.807) is 11.8 Å². The molecule has 1 saturated carbocycles. The van der Waals surface area contributed by atoms with Crippen molar-refractivity contribution in [2.24, 2.45) is 5.92 Å². The van der Waals surface area contributed by atoms with E-state index < -0.39 is 11.8 Å². The molecule has 6 heteroatoms. The van der Waals surface area contributed by atoms with Crippen molar-refractivity contribution in [1.29, 1.82) is 0 Å². The molecular weight excluding hydrogens is 382 g/mol. The number of nitrogens with one attached hydrogen (secondary N) is 2. The molecule has 1 aromatic carbocycles. The average Bonchev–Trinajstić information content (AvgIpc) is 3.02. The van der Waals surface area contributed by atoms with Crippen LogP contribution in [0.1, 0.15) is 56.9 Å².